The number of carbonyl (C=O) groups is 1. The van der Waals surface area contributed by atoms with Gasteiger partial charge in [-0.15, -0.1) is 0 Å². The number of methoxy groups -OCH3 is 1. The van der Waals surface area contributed by atoms with E-state index >= 15 is 0 Å². The molecule has 0 aliphatic heterocycles. The van der Waals surface area contributed by atoms with E-state index in [-0.39, 0.29) is 16.3 Å². The molecule has 0 saturated carbocycles. The minimum Gasteiger partial charge on any atom is -0.496 e. The molecule has 5 nitrogen and oxygen atoms in total. The number of hydrogen-bond acceptors (Lipinski definition) is 4. The van der Waals surface area contributed by atoms with E-state index < -0.39 is 15.7 Å². The Morgan fingerprint density at radius 2 is 1.73 bits per heavy atom. The number of nitrogens with one attached hydrogen (secondary N) is 1. The molecule has 0 fully saturated rings. The Morgan fingerprint density at radius 3 is 2.41 bits per heavy atom. The van der Waals surface area contributed by atoms with Crippen LogP contribution in [0.2, 0.25) is 0 Å². The van der Waals surface area contributed by atoms with Gasteiger partial charge in [-0.05, 0) is 24.3 Å². The van der Waals surface area contributed by atoms with E-state index in [0.29, 0.717) is 11.3 Å². The number of hydrogen-bond donors (Lipinski definition) is 1. The Kier molecular flexibility index (Phi) is 4.82. The van der Waals surface area contributed by atoms with Crippen LogP contribution in [0.5, 0.6) is 5.75 Å². The summed E-state index contributed by atoms with van der Waals surface area (Å²) in [7, 11) is -1.94. The van der Waals surface area contributed by atoms with Crippen molar-refractivity contribution in [1.82, 2.24) is 0 Å². The molecule has 1 amide bonds. The summed E-state index contributed by atoms with van der Waals surface area (Å²) in [6, 6.07) is 13.1. The second kappa shape index (κ2) is 6.62. The Labute approximate surface area is 129 Å². The summed E-state index contributed by atoms with van der Waals surface area (Å²) in [4.78, 5) is 12.5. The molecule has 0 aliphatic carbocycles. The number of anilines is 1. The third-order valence-corrected chi connectivity index (χ3v) is 4.99. The molecular weight excluding hydrogens is 302 g/mol. The first-order chi connectivity index (χ1) is 10.5. The molecule has 0 atom stereocenters. The summed E-state index contributed by atoms with van der Waals surface area (Å²) in [5, 5.41) is 2.64. The van der Waals surface area contributed by atoms with Crippen molar-refractivity contribution in [2.24, 2.45) is 0 Å². The molecule has 0 saturated heterocycles. The normalized spacial score (nSPS) is 11.0. The average Bonchev–Trinajstić information content (AvgIpc) is 2.55. The predicted molar refractivity (Wildman–Crippen MR) is 85.1 cm³/mol. The van der Waals surface area contributed by atoms with Gasteiger partial charge in [0.05, 0.1) is 29.0 Å². The zero-order chi connectivity index (χ0) is 16.2. The lowest BCUT2D eigenvalue weighted by Crippen LogP contribution is -2.16. The maximum Gasteiger partial charge on any atom is 0.259 e. The van der Waals surface area contributed by atoms with Gasteiger partial charge in [-0.2, -0.15) is 0 Å². The van der Waals surface area contributed by atoms with E-state index in [0.717, 1.165) is 0 Å². The number of amides is 1. The third kappa shape index (κ3) is 3.28. The van der Waals surface area contributed by atoms with Crippen LogP contribution in [0.1, 0.15) is 17.3 Å². The first-order valence-corrected chi connectivity index (χ1v) is 8.41. The van der Waals surface area contributed by atoms with Gasteiger partial charge in [0.1, 0.15) is 5.75 Å². The third-order valence-electron chi connectivity index (χ3n) is 3.20. The van der Waals surface area contributed by atoms with Gasteiger partial charge in [0.25, 0.3) is 5.91 Å². The van der Waals surface area contributed by atoms with E-state index in [2.05, 4.69) is 5.32 Å². The van der Waals surface area contributed by atoms with Crippen LogP contribution in [0.15, 0.2) is 53.4 Å². The first-order valence-electron chi connectivity index (χ1n) is 6.75. The van der Waals surface area contributed by atoms with Gasteiger partial charge in [-0.25, -0.2) is 8.42 Å². The summed E-state index contributed by atoms with van der Waals surface area (Å²) in [5.74, 6) is -0.0267. The van der Waals surface area contributed by atoms with Gasteiger partial charge in [-0.3, -0.25) is 4.79 Å². The Bertz CT molecular complexity index is 784. The molecule has 6 heteroatoms. The van der Waals surface area contributed by atoms with E-state index in [1.54, 1.807) is 49.4 Å². The van der Waals surface area contributed by atoms with Gasteiger partial charge in [-0.1, -0.05) is 31.2 Å². The van der Waals surface area contributed by atoms with Crippen LogP contribution in [0.3, 0.4) is 0 Å². The quantitative estimate of drug-likeness (QED) is 0.920. The summed E-state index contributed by atoms with van der Waals surface area (Å²) in [5.41, 5.74) is 0.606. The monoisotopic (exact) mass is 319 g/mol. The lowest BCUT2D eigenvalue weighted by molar-refractivity contribution is 0.102. The Balaban J connectivity index is 2.38. The fourth-order valence-electron chi connectivity index (χ4n) is 2.02. The van der Waals surface area contributed by atoms with Crippen LogP contribution in [0, 0.1) is 0 Å². The highest BCUT2D eigenvalue weighted by Crippen LogP contribution is 2.24. The average molecular weight is 319 g/mol. The van der Waals surface area contributed by atoms with Crippen LogP contribution in [-0.2, 0) is 9.84 Å². The fraction of sp³-hybridized carbons (Fsp3) is 0.188. The van der Waals surface area contributed by atoms with Crippen LogP contribution < -0.4 is 10.1 Å². The summed E-state index contributed by atoms with van der Waals surface area (Å²) >= 11 is 0. The van der Waals surface area contributed by atoms with Crippen molar-refractivity contribution in [2.75, 3.05) is 18.2 Å². The molecule has 0 spiro atoms. The number of rotatable bonds is 5. The van der Waals surface area contributed by atoms with E-state index in [9.17, 15) is 13.2 Å². The molecule has 0 radical (unpaired) electrons. The minimum atomic E-state index is -3.42. The summed E-state index contributed by atoms with van der Waals surface area (Å²) < 4.78 is 29.3. The number of carbonyl (C=O) groups excluding carboxylic acids is 1. The molecule has 2 aromatic rings. The number of para-hydroxylation sites is 2. The molecular formula is C16H17NO4S. The topological polar surface area (TPSA) is 72.5 Å². The van der Waals surface area contributed by atoms with Crippen molar-refractivity contribution >= 4 is 21.4 Å². The molecule has 2 rings (SSSR count). The second-order valence-electron chi connectivity index (χ2n) is 4.55. The minimum absolute atomic E-state index is 0.0332. The maximum absolute atomic E-state index is 12.4. The molecule has 0 bridgehead atoms. The lowest BCUT2D eigenvalue weighted by atomic mass is 10.2. The van der Waals surface area contributed by atoms with Gasteiger partial charge in [0.15, 0.2) is 9.84 Å². The highest BCUT2D eigenvalue weighted by atomic mass is 32.2. The van der Waals surface area contributed by atoms with Crippen LogP contribution >= 0.6 is 0 Å². The van der Waals surface area contributed by atoms with Gasteiger partial charge >= 0.3 is 0 Å². The summed E-state index contributed by atoms with van der Waals surface area (Å²) in [6.07, 6.45) is 0. The van der Waals surface area contributed by atoms with Crippen molar-refractivity contribution < 1.29 is 17.9 Å². The zero-order valence-electron chi connectivity index (χ0n) is 12.4. The van der Waals surface area contributed by atoms with Crippen molar-refractivity contribution in [1.29, 1.82) is 0 Å². The second-order valence-corrected chi connectivity index (χ2v) is 6.80. The smallest absolute Gasteiger partial charge is 0.259 e. The highest BCUT2D eigenvalue weighted by Gasteiger charge is 2.19. The SMILES string of the molecule is CCS(=O)(=O)c1ccccc1NC(=O)c1ccccc1OC. The van der Waals surface area contributed by atoms with Crippen LogP contribution in [0.25, 0.3) is 0 Å². The molecule has 2 aromatic carbocycles. The molecule has 0 aliphatic rings. The van der Waals surface area contributed by atoms with Crippen molar-refractivity contribution in [3.05, 3.63) is 54.1 Å². The zero-order valence-corrected chi connectivity index (χ0v) is 13.2. The maximum atomic E-state index is 12.4. The van der Waals surface area contributed by atoms with E-state index in [4.69, 9.17) is 4.74 Å². The van der Waals surface area contributed by atoms with Crippen LogP contribution in [0.4, 0.5) is 5.69 Å². The summed E-state index contributed by atoms with van der Waals surface area (Å²) in [6.45, 7) is 1.56. The lowest BCUT2D eigenvalue weighted by Gasteiger charge is -2.12. The molecule has 0 heterocycles. The van der Waals surface area contributed by atoms with Crippen LogP contribution in [-0.4, -0.2) is 27.2 Å². The molecule has 116 valence electrons. The number of benzene rings is 2. The van der Waals surface area contributed by atoms with E-state index in [1.807, 2.05) is 0 Å². The molecule has 0 unspecified atom stereocenters. The predicted octanol–water partition coefficient (Wildman–Crippen LogP) is 2.74. The van der Waals surface area contributed by atoms with Gasteiger partial charge in [0, 0.05) is 0 Å². The highest BCUT2D eigenvalue weighted by molar-refractivity contribution is 7.91. The molecule has 0 aromatic heterocycles. The fourth-order valence-corrected chi connectivity index (χ4v) is 3.07. The largest absolute Gasteiger partial charge is 0.496 e. The van der Waals surface area contributed by atoms with E-state index in [1.165, 1.54) is 13.2 Å². The Hall–Kier alpha value is -2.34. The number of sulfone groups is 1. The standard InChI is InChI=1S/C16H17NO4S/c1-3-22(19,20)15-11-7-5-9-13(15)17-16(18)12-8-4-6-10-14(12)21-2/h4-11H,3H2,1-2H3,(H,17,18). The van der Waals surface area contributed by atoms with Crippen molar-refractivity contribution in [3.63, 3.8) is 0 Å². The number of ether oxygens (including phenoxy) is 1. The molecule has 1 N–H and O–H groups in total. The van der Waals surface area contributed by atoms with Gasteiger partial charge < -0.3 is 10.1 Å². The van der Waals surface area contributed by atoms with Crippen molar-refractivity contribution in [3.8, 4) is 5.75 Å². The molecule has 22 heavy (non-hydrogen) atoms. The Morgan fingerprint density at radius 1 is 1.09 bits per heavy atom. The van der Waals surface area contributed by atoms with Crippen molar-refractivity contribution in [2.45, 2.75) is 11.8 Å². The first kappa shape index (κ1) is 16.0. The van der Waals surface area contributed by atoms with Gasteiger partial charge in [0.2, 0.25) is 0 Å².